The Balaban J connectivity index is 1.51. The Morgan fingerprint density at radius 2 is 1.83 bits per heavy atom. The number of aryl methyl sites for hydroxylation is 1. The minimum atomic E-state index is -0.489. The molecular weight excluding hydrogens is 481 g/mol. The standard InChI is InChI=1S/C27H27ClFN5O2/c1-31(2)20-6-7-33(16-20)21-10-18(14-30-15-21)23-13-19(29)12-22(26(23)35)17-4-5-25(24(28)11-17)34-9-8-32(3)27(34)36/h4-5,8-15,20,35H,6-7,16H2,1-3H3/t20-/m0/s1. The highest BCUT2D eigenvalue weighted by Crippen LogP contribution is 2.41. The number of aromatic nitrogens is 3. The molecule has 7 nitrogen and oxygen atoms in total. The summed E-state index contributed by atoms with van der Waals surface area (Å²) in [7, 11) is 5.81. The van der Waals surface area contributed by atoms with Gasteiger partial charge in [-0.25, -0.2) is 9.18 Å². The Morgan fingerprint density at radius 3 is 2.47 bits per heavy atom. The molecule has 0 unspecified atom stereocenters. The normalized spacial score (nSPS) is 15.7. The van der Waals surface area contributed by atoms with Crippen LogP contribution < -0.4 is 10.6 Å². The van der Waals surface area contributed by atoms with Crippen molar-refractivity contribution in [3.05, 3.63) is 82.5 Å². The Bertz CT molecular complexity index is 1500. The number of aromatic hydroxyl groups is 1. The van der Waals surface area contributed by atoms with Gasteiger partial charge in [0.1, 0.15) is 11.6 Å². The van der Waals surface area contributed by atoms with Gasteiger partial charge in [0.05, 0.1) is 22.6 Å². The first-order valence-corrected chi connectivity index (χ1v) is 12.0. The molecule has 2 aromatic carbocycles. The highest BCUT2D eigenvalue weighted by Gasteiger charge is 2.25. The van der Waals surface area contributed by atoms with Crippen molar-refractivity contribution in [3.63, 3.8) is 0 Å². The van der Waals surface area contributed by atoms with Crippen molar-refractivity contribution in [2.45, 2.75) is 12.5 Å². The van der Waals surface area contributed by atoms with E-state index in [4.69, 9.17) is 11.6 Å². The molecule has 1 N–H and O–H groups in total. The minimum Gasteiger partial charge on any atom is -0.507 e. The van der Waals surface area contributed by atoms with E-state index in [0.717, 1.165) is 25.2 Å². The fourth-order valence-corrected chi connectivity index (χ4v) is 4.97. The summed E-state index contributed by atoms with van der Waals surface area (Å²) in [5.74, 6) is -0.555. The number of anilines is 1. The maximum Gasteiger partial charge on any atom is 0.332 e. The molecule has 0 amide bonds. The molecule has 0 bridgehead atoms. The summed E-state index contributed by atoms with van der Waals surface area (Å²) in [6.45, 7) is 1.79. The zero-order chi connectivity index (χ0) is 25.6. The Hall–Kier alpha value is -3.62. The Labute approximate surface area is 213 Å². The van der Waals surface area contributed by atoms with Crippen molar-refractivity contribution in [2.24, 2.45) is 7.05 Å². The molecular formula is C27H27ClFN5O2. The number of halogens is 2. The Morgan fingerprint density at radius 1 is 1.08 bits per heavy atom. The molecule has 3 heterocycles. The van der Waals surface area contributed by atoms with Crippen LogP contribution in [0.1, 0.15) is 6.42 Å². The van der Waals surface area contributed by atoms with Crippen LogP contribution in [0.5, 0.6) is 5.75 Å². The van der Waals surface area contributed by atoms with Crippen molar-refractivity contribution < 1.29 is 9.50 Å². The molecule has 0 radical (unpaired) electrons. The van der Waals surface area contributed by atoms with E-state index in [1.807, 2.05) is 6.07 Å². The number of phenols is 1. The van der Waals surface area contributed by atoms with E-state index >= 15 is 0 Å². The van der Waals surface area contributed by atoms with Crippen molar-refractivity contribution in [1.29, 1.82) is 0 Å². The van der Waals surface area contributed by atoms with Gasteiger partial charge in [-0.15, -0.1) is 0 Å². The average molecular weight is 508 g/mol. The van der Waals surface area contributed by atoms with Gasteiger partial charge in [-0.2, -0.15) is 0 Å². The largest absolute Gasteiger partial charge is 0.507 e. The maximum absolute atomic E-state index is 14.8. The van der Waals surface area contributed by atoms with Crippen LogP contribution in [-0.2, 0) is 7.05 Å². The SMILES string of the molecule is CN(C)[C@H]1CCN(c2cncc(-c3cc(F)cc(-c4ccc(-n5ccn(C)c5=O)c(Cl)c4)c3O)c2)C1. The molecule has 0 saturated carbocycles. The molecule has 1 fully saturated rings. The Kier molecular flexibility index (Phi) is 6.32. The molecule has 36 heavy (non-hydrogen) atoms. The zero-order valence-electron chi connectivity index (χ0n) is 20.3. The van der Waals surface area contributed by atoms with Gasteiger partial charge >= 0.3 is 5.69 Å². The van der Waals surface area contributed by atoms with Crippen LogP contribution in [0.2, 0.25) is 5.02 Å². The van der Waals surface area contributed by atoms with E-state index in [1.165, 1.54) is 21.3 Å². The second kappa shape index (κ2) is 9.44. The van der Waals surface area contributed by atoms with Gasteiger partial charge in [0.2, 0.25) is 0 Å². The molecule has 186 valence electrons. The second-order valence-electron chi connectivity index (χ2n) is 9.36. The minimum absolute atomic E-state index is 0.0661. The van der Waals surface area contributed by atoms with Crippen molar-refractivity contribution in [2.75, 3.05) is 32.1 Å². The van der Waals surface area contributed by atoms with Crippen LogP contribution >= 0.6 is 11.6 Å². The number of imidazole rings is 1. The molecule has 2 aromatic heterocycles. The fraction of sp³-hybridized carbons (Fsp3) is 0.259. The molecule has 0 spiro atoms. The predicted molar refractivity (Wildman–Crippen MR) is 141 cm³/mol. The number of phenolic OH excluding ortho intramolecular Hbond substituents is 1. The van der Waals surface area contributed by atoms with Gasteiger partial charge < -0.3 is 19.5 Å². The summed E-state index contributed by atoms with van der Waals surface area (Å²) in [5.41, 5.74) is 3.01. The molecule has 5 rings (SSSR count). The quantitative estimate of drug-likeness (QED) is 0.429. The second-order valence-corrected chi connectivity index (χ2v) is 9.77. The van der Waals surface area contributed by atoms with E-state index in [9.17, 15) is 14.3 Å². The third-order valence-corrected chi connectivity index (χ3v) is 7.14. The lowest BCUT2D eigenvalue weighted by Crippen LogP contribution is -2.31. The molecule has 1 aliphatic rings. The first kappa shape index (κ1) is 24.1. The lowest BCUT2D eigenvalue weighted by molar-refractivity contribution is 0.315. The van der Waals surface area contributed by atoms with E-state index in [-0.39, 0.29) is 11.4 Å². The summed E-state index contributed by atoms with van der Waals surface area (Å²) < 4.78 is 17.7. The lowest BCUT2D eigenvalue weighted by atomic mass is 9.97. The van der Waals surface area contributed by atoms with E-state index < -0.39 is 5.82 Å². The summed E-state index contributed by atoms with van der Waals surface area (Å²) in [5, 5.41) is 11.5. The van der Waals surface area contributed by atoms with Gasteiger partial charge in [0.25, 0.3) is 0 Å². The molecule has 1 saturated heterocycles. The third kappa shape index (κ3) is 4.38. The number of nitrogens with zero attached hydrogens (tertiary/aromatic N) is 5. The van der Waals surface area contributed by atoms with Crippen LogP contribution in [0.25, 0.3) is 27.9 Å². The summed E-state index contributed by atoms with van der Waals surface area (Å²) in [6, 6.07) is 9.99. The van der Waals surface area contributed by atoms with Gasteiger partial charge in [0.15, 0.2) is 0 Å². The van der Waals surface area contributed by atoms with Crippen LogP contribution in [0.4, 0.5) is 10.1 Å². The lowest BCUT2D eigenvalue weighted by Gasteiger charge is -2.22. The smallest absolute Gasteiger partial charge is 0.332 e. The first-order valence-electron chi connectivity index (χ1n) is 11.7. The molecule has 0 aliphatic carbocycles. The topological polar surface area (TPSA) is 66.5 Å². The number of hydrogen-bond donors (Lipinski definition) is 1. The molecule has 1 atom stereocenters. The monoisotopic (exact) mass is 507 g/mol. The van der Waals surface area contributed by atoms with Crippen molar-refractivity contribution in [3.8, 4) is 33.7 Å². The van der Waals surface area contributed by atoms with Crippen LogP contribution in [0.3, 0.4) is 0 Å². The third-order valence-electron chi connectivity index (χ3n) is 6.83. The highest BCUT2D eigenvalue weighted by molar-refractivity contribution is 6.32. The first-order chi connectivity index (χ1) is 17.2. The predicted octanol–water partition coefficient (Wildman–Crippen LogP) is 4.54. The van der Waals surface area contributed by atoms with Crippen LogP contribution in [-0.4, -0.2) is 57.4 Å². The van der Waals surface area contributed by atoms with Crippen LogP contribution in [0.15, 0.2) is 66.0 Å². The van der Waals surface area contributed by atoms with Gasteiger partial charge in [-0.3, -0.25) is 9.55 Å². The summed E-state index contributed by atoms with van der Waals surface area (Å²) >= 11 is 6.51. The maximum atomic E-state index is 14.8. The number of benzene rings is 2. The summed E-state index contributed by atoms with van der Waals surface area (Å²) in [4.78, 5) is 21.2. The average Bonchev–Trinajstić information content (AvgIpc) is 3.48. The fourth-order valence-electron chi connectivity index (χ4n) is 4.70. The number of pyridine rings is 1. The highest BCUT2D eigenvalue weighted by atomic mass is 35.5. The van der Waals surface area contributed by atoms with Crippen LogP contribution in [0, 0.1) is 5.82 Å². The molecule has 1 aliphatic heterocycles. The van der Waals surface area contributed by atoms with Crippen molar-refractivity contribution in [1.82, 2.24) is 19.0 Å². The van der Waals surface area contributed by atoms with Gasteiger partial charge in [-0.05, 0) is 56.4 Å². The number of hydrogen-bond acceptors (Lipinski definition) is 5. The molecule has 4 aromatic rings. The van der Waals surface area contributed by atoms with Gasteiger partial charge in [0, 0.05) is 61.5 Å². The van der Waals surface area contributed by atoms with Gasteiger partial charge in [-0.1, -0.05) is 17.7 Å². The number of likely N-dealkylation sites (N-methyl/N-ethyl adjacent to an activating group) is 1. The molecule has 9 heteroatoms. The van der Waals surface area contributed by atoms with E-state index in [0.29, 0.717) is 39.0 Å². The van der Waals surface area contributed by atoms with E-state index in [2.05, 4.69) is 28.9 Å². The zero-order valence-corrected chi connectivity index (χ0v) is 21.1. The van der Waals surface area contributed by atoms with E-state index in [1.54, 1.807) is 50.0 Å². The summed E-state index contributed by atoms with van der Waals surface area (Å²) in [6.07, 6.45) is 7.74. The van der Waals surface area contributed by atoms with Crippen molar-refractivity contribution >= 4 is 17.3 Å². The number of rotatable bonds is 5.